The Labute approximate surface area is 381 Å². The molecular weight excluding hydrogens is 841 g/mol. The highest BCUT2D eigenvalue weighted by molar-refractivity contribution is 7.89. The molecule has 1 amide bonds. The van der Waals surface area contributed by atoms with Crippen molar-refractivity contribution in [3.8, 4) is 5.75 Å². The van der Waals surface area contributed by atoms with Crippen LogP contribution in [0, 0.1) is 12.3 Å². The molecule has 1 aliphatic carbocycles. The first kappa shape index (κ1) is 47.1. The Morgan fingerprint density at radius 1 is 0.875 bits per heavy atom. The number of carbonyl (C=O) groups excluding carboxylic acids is 2. The number of likely N-dealkylation sites (tertiary alicyclic amines) is 1. The van der Waals surface area contributed by atoms with E-state index in [1.54, 1.807) is 36.3 Å². The number of hydrogen-bond donors (Lipinski definition) is 0. The molecule has 4 aromatic rings. The molecule has 0 saturated carbocycles. The molecule has 0 N–H and O–H groups in total. The fourth-order valence-corrected chi connectivity index (χ4v) is 16.1. The molecule has 0 radical (unpaired) electrons. The fourth-order valence-electron chi connectivity index (χ4n) is 9.95. The van der Waals surface area contributed by atoms with Gasteiger partial charge in [-0.05, 0) is 104 Å². The van der Waals surface area contributed by atoms with Crippen LogP contribution in [0.3, 0.4) is 0 Å². The summed E-state index contributed by atoms with van der Waals surface area (Å²) in [6.45, 7) is 15.4. The summed E-state index contributed by atoms with van der Waals surface area (Å²) in [5.41, 5.74) is 1.58. The van der Waals surface area contributed by atoms with Gasteiger partial charge in [-0.3, -0.25) is 9.69 Å². The molecule has 2 heterocycles. The average molecular weight is 905 g/mol. The van der Waals surface area contributed by atoms with Crippen molar-refractivity contribution >= 4 is 40.6 Å². The monoisotopic (exact) mass is 904 g/mol. The number of ketones is 1. The first-order valence-electron chi connectivity index (χ1n) is 22.4. The van der Waals surface area contributed by atoms with Crippen molar-refractivity contribution < 1.29 is 36.6 Å². The van der Waals surface area contributed by atoms with E-state index in [2.05, 4.69) is 45.0 Å². The van der Waals surface area contributed by atoms with Gasteiger partial charge in [0.25, 0.3) is 8.32 Å². The van der Waals surface area contributed by atoms with Crippen LogP contribution in [0.2, 0.25) is 5.04 Å². The predicted molar refractivity (Wildman–Crippen MR) is 254 cm³/mol. The summed E-state index contributed by atoms with van der Waals surface area (Å²) in [7, 11) is -5.41. The van der Waals surface area contributed by atoms with Gasteiger partial charge >= 0.3 is 6.09 Å². The molecular formula is C52H64N2O8SSi. The molecule has 3 aliphatic rings. The third-order valence-electron chi connectivity index (χ3n) is 12.8. The Kier molecular flexibility index (Phi) is 13.9. The number of benzene rings is 4. The van der Waals surface area contributed by atoms with Crippen molar-refractivity contribution in [2.75, 3.05) is 33.4 Å². The first-order valence-corrected chi connectivity index (χ1v) is 25.7. The number of aryl methyl sites for hydroxylation is 1. The number of Topliss-reactive ketones (excluding diaryl/α,β-unsaturated/α-hetero) is 1. The van der Waals surface area contributed by atoms with E-state index in [-0.39, 0.29) is 35.4 Å². The van der Waals surface area contributed by atoms with Gasteiger partial charge < -0.3 is 18.6 Å². The SMILES string of the molecule is COc1ccc(COCCC/C=C/C2=C3CCN(S(=O)(=O)c4ccc(C)cc4)C[C@]34C[C@@H](CO[Si](c3ccccc3)(c3ccccc3)C(C)(C)C)N(C(=O)OC(C)(C)C)[C@@H]4C2=O)cc1. The number of hydrogen-bond acceptors (Lipinski definition) is 8. The topological polar surface area (TPSA) is 112 Å². The number of ether oxygens (including phenoxy) is 3. The number of carbonyl (C=O) groups is 2. The number of amides is 1. The summed E-state index contributed by atoms with van der Waals surface area (Å²) in [4.78, 5) is 31.8. The van der Waals surface area contributed by atoms with Crippen LogP contribution in [0.25, 0.3) is 0 Å². The highest BCUT2D eigenvalue weighted by Crippen LogP contribution is 2.57. The Morgan fingerprint density at radius 3 is 2.08 bits per heavy atom. The van der Waals surface area contributed by atoms with Crippen LogP contribution in [0.1, 0.15) is 78.4 Å². The van der Waals surface area contributed by atoms with E-state index in [0.29, 0.717) is 38.0 Å². The van der Waals surface area contributed by atoms with Gasteiger partial charge in [0.1, 0.15) is 17.4 Å². The summed E-state index contributed by atoms with van der Waals surface area (Å²) >= 11 is 0. The Hall–Kier alpha value is -4.85. The van der Waals surface area contributed by atoms with E-state index in [1.807, 2.05) is 101 Å². The molecule has 10 nitrogen and oxygen atoms in total. The zero-order chi connectivity index (χ0) is 45.9. The van der Waals surface area contributed by atoms with E-state index >= 15 is 4.79 Å². The quantitative estimate of drug-likeness (QED) is 0.0861. The number of methoxy groups -OCH3 is 1. The van der Waals surface area contributed by atoms with Gasteiger partial charge in [-0.2, -0.15) is 4.31 Å². The average Bonchev–Trinajstić information content (AvgIpc) is 3.70. The van der Waals surface area contributed by atoms with Crippen LogP contribution in [0.4, 0.5) is 4.79 Å². The number of rotatable bonds is 15. The van der Waals surface area contributed by atoms with Gasteiger partial charge in [-0.15, -0.1) is 0 Å². The first-order chi connectivity index (χ1) is 30.4. The zero-order valence-corrected chi connectivity index (χ0v) is 40.5. The molecule has 3 atom stereocenters. The minimum atomic E-state index is -3.96. The van der Waals surface area contributed by atoms with Gasteiger partial charge in [0.05, 0.1) is 31.3 Å². The third-order valence-corrected chi connectivity index (χ3v) is 19.7. The summed E-state index contributed by atoms with van der Waals surface area (Å²) in [6, 6.07) is 33.7. The lowest BCUT2D eigenvalue weighted by Gasteiger charge is -2.44. The molecule has 0 bridgehead atoms. The van der Waals surface area contributed by atoms with Crippen LogP contribution in [-0.4, -0.2) is 88.9 Å². The third kappa shape index (κ3) is 9.44. The van der Waals surface area contributed by atoms with Crippen molar-refractivity contribution in [1.29, 1.82) is 0 Å². The van der Waals surface area contributed by atoms with E-state index < -0.39 is 47.5 Å². The minimum Gasteiger partial charge on any atom is -0.497 e. The highest BCUT2D eigenvalue weighted by Gasteiger charge is 2.66. The van der Waals surface area contributed by atoms with Gasteiger partial charge in [0.15, 0.2) is 5.78 Å². The standard InChI is InChI=1S/C52H64N2O8SSi/c1-38-23-29-42(30-24-38)63(57,58)53-32-31-46-45(22-16-11-17-33-60-35-39-25-27-41(59-8)28-26-39)47(55)48-52(46,37-53)34-40(54(48)49(56)62-50(2,3)4)36-61-64(51(5,6)7,43-18-12-9-13-19-43)44-20-14-10-15-21-44/h9-10,12-16,18-30,40,48H,11,17,31-37H2,1-8H3/b22-16+/t40-,48+,52+/m0/s1. The van der Waals surface area contributed by atoms with Crippen LogP contribution < -0.4 is 15.1 Å². The summed E-state index contributed by atoms with van der Waals surface area (Å²) in [5.74, 6) is 0.596. The maximum Gasteiger partial charge on any atom is 0.411 e. The zero-order valence-electron chi connectivity index (χ0n) is 38.6. The number of nitrogens with zero attached hydrogens (tertiary/aromatic N) is 2. The van der Waals surface area contributed by atoms with E-state index in [4.69, 9.17) is 18.6 Å². The highest BCUT2D eigenvalue weighted by atomic mass is 32.2. The second-order valence-corrected chi connectivity index (χ2v) is 25.6. The molecule has 12 heteroatoms. The summed E-state index contributed by atoms with van der Waals surface area (Å²) < 4.78 is 55.3. The van der Waals surface area contributed by atoms with E-state index in [1.165, 1.54) is 4.31 Å². The maximum absolute atomic E-state index is 15.2. The smallest absolute Gasteiger partial charge is 0.411 e. The van der Waals surface area contributed by atoms with Gasteiger partial charge in [0.2, 0.25) is 10.0 Å². The van der Waals surface area contributed by atoms with Crippen LogP contribution in [0.15, 0.2) is 137 Å². The molecule has 2 saturated heterocycles. The molecule has 2 aliphatic heterocycles. The van der Waals surface area contributed by atoms with Crippen molar-refractivity contribution in [3.05, 3.63) is 144 Å². The molecule has 64 heavy (non-hydrogen) atoms. The van der Waals surface area contributed by atoms with Crippen LogP contribution in [-0.2, 0) is 35.3 Å². The summed E-state index contributed by atoms with van der Waals surface area (Å²) in [6.07, 6.45) is 5.37. The lowest BCUT2D eigenvalue weighted by atomic mass is 9.73. The number of sulfonamides is 1. The Morgan fingerprint density at radius 2 is 1.50 bits per heavy atom. The second-order valence-electron chi connectivity index (χ2n) is 19.4. The van der Waals surface area contributed by atoms with Crippen molar-refractivity contribution in [1.82, 2.24) is 9.21 Å². The predicted octanol–water partition coefficient (Wildman–Crippen LogP) is 8.77. The molecule has 340 valence electrons. The van der Waals surface area contributed by atoms with Crippen molar-refractivity contribution in [2.45, 2.75) is 108 Å². The lowest BCUT2D eigenvalue weighted by Crippen LogP contribution is -2.67. The Balaban J connectivity index is 1.24. The number of piperidine rings is 1. The van der Waals surface area contributed by atoms with Crippen molar-refractivity contribution in [3.63, 3.8) is 0 Å². The number of allylic oxidation sites excluding steroid dienone is 2. The normalized spacial score (nSPS) is 20.8. The summed E-state index contributed by atoms with van der Waals surface area (Å²) in [5, 5.41) is 1.84. The maximum atomic E-state index is 15.2. The minimum absolute atomic E-state index is 0.0422. The molecule has 0 aromatic heterocycles. The van der Waals surface area contributed by atoms with Gasteiger partial charge in [-0.1, -0.05) is 123 Å². The fraction of sp³-hybridized carbons (Fsp3) is 0.423. The van der Waals surface area contributed by atoms with Gasteiger partial charge in [-0.25, -0.2) is 13.2 Å². The molecule has 1 spiro atoms. The molecule has 0 unspecified atom stereocenters. The van der Waals surface area contributed by atoms with E-state index in [9.17, 15) is 13.2 Å². The number of unbranched alkanes of at least 4 members (excludes halogenated alkanes) is 1. The van der Waals surface area contributed by atoms with Crippen molar-refractivity contribution in [2.24, 2.45) is 5.41 Å². The largest absolute Gasteiger partial charge is 0.497 e. The molecule has 2 fully saturated rings. The lowest BCUT2D eigenvalue weighted by molar-refractivity contribution is -0.121. The molecule has 4 aromatic carbocycles. The van der Waals surface area contributed by atoms with Crippen LogP contribution in [0.5, 0.6) is 5.75 Å². The Bertz CT molecular complexity index is 2400. The van der Waals surface area contributed by atoms with E-state index in [0.717, 1.165) is 39.2 Å². The van der Waals surface area contributed by atoms with Crippen LogP contribution >= 0.6 is 0 Å². The second kappa shape index (κ2) is 18.9. The van der Waals surface area contributed by atoms with Gasteiger partial charge in [0, 0.05) is 30.7 Å². The molecule has 7 rings (SSSR count).